The summed E-state index contributed by atoms with van der Waals surface area (Å²) in [5, 5.41) is 9.27. The number of hydrogen-bond donors (Lipinski definition) is 3. The molecule has 98 valence electrons. The summed E-state index contributed by atoms with van der Waals surface area (Å²) >= 11 is 0. The van der Waals surface area contributed by atoms with E-state index in [1.807, 2.05) is 0 Å². The van der Waals surface area contributed by atoms with Crippen LogP contribution >= 0.6 is 0 Å². The van der Waals surface area contributed by atoms with E-state index in [4.69, 9.17) is 4.74 Å². The lowest BCUT2D eigenvalue weighted by Gasteiger charge is -2.34. The molecule has 0 saturated carbocycles. The third-order valence-corrected chi connectivity index (χ3v) is 3.75. The topological polar surface area (TPSA) is 62.4 Å². The summed E-state index contributed by atoms with van der Waals surface area (Å²) in [5.41, 5.74) is 0.245. The quantitative estimate of drug-likeness (QED) is 0.673. The van der Waals surface area contributed by atoms with Gasteiger partial charge in [-0.1, -0.05) is 6.92 Å². The van der Waals surface area contributed by atoms with Gasteiger partial charge in [0, 0.05) is 13.2 Å². The van der Waals surface area contributed by atoms with E-state index >= 15 is 0 Å². The number of carbonyl (C=O) groups excluding carboxylic acids is 1. The summed E-state index contributed by atoms with van der Waals surface area (Å²) in [6.07, 6.45) is 3.17. The number of urea groups is 1. The van der Waals surface area contributed by atoms with Crippen molar-refractivity contribution < 1.29 is 9.53 Å². The van der Waals surface area contributed by atoms with Crippen molar-refractivity contribution in [3.05, 3.63) is 0 Å². The van der Waals surface area contributed by atoms with Gasteiger partial charge in [0.2, 0.25) is 0 Å². The zero-order valence-electron chi connectivity index (χ0n) is 10.6. The van der Waals surface area contributed by atoms with Crippen molar-refractivity contribution in [1.29, 1.82) is 0 Å². The standard InChI is InChI=1S/C12H23N3O2/c1-12(3-5-13-6-4-12)9-14-11(16)15-10-2-7-17-8-10/h10,13H,2-9H2,1H3,(H2,14,15,16). The maximum Gasteiger partial charge on any atom is 0.315 e. The van der Waals surface area contributed by atoms with Crippen molar-refractivity contribution in [1.82, 2.24) is 16.0 Å². The molecule has 2 heterocycles. The maximum atomic E-state index is 11.7. The van der Waals surface area contributed by atoms with Crippen LogP contribution in [0.2, 0.25) is 0 Å². The number of ether oxygens (including phenoxy) is 1. The molecule has 2 aliphatic rings. The van der Waals surface area contributed by atoms with Gasteiger partial charge < -0.3 is 20.7 Å². The molecule has 2 saturated heterocycles. The highest BCUT2D eigenvalue weighted by Crippen LogP contribution is 2.26. The van der Waals surface area contributed by atoms with Crippen LogP contribution in [0.1, 0.15) is 26.2 Å². The van der Waals surface area contributed by atoms with E-state index in [-0.39, 0.29) is 17.5 Å². The summed E-state index contributed by atoms with van der Waals surface area (Å²) in [4.78, 5) is 11.7. The molecule has 5 heteroatoms. The van der Waals surface area contributed by atoms with Gasteiger partial charge in [0.05, 0.1) is 12.6 Å². The van der Waals surface area contributed by atoms with Crippen LogP contribution in [0.5, 0.6) is 0 Å². The lowest BCUT2D eigenvalue weighted by atomic mass is 9.81. The maximum absolute atomic E-state index is 11.7. The molecule has 3 N–H and O–H groups in total. The van der Waals surface area contributed by atoms with E-state index in [0.717, 1.165) is 45.5 Å². The largest absolute Gasteiger partial charge is 0.379 e. The van der Waals surface area contributed by atoms with Crippen molar-refractivity contribution >= 4 is 6.03 Å². The highest BCUT2D eigenvalue weighted by molar-refractivity contribution is 5.74. The van der Waals surface area contributed by atoms with Crippen LogP contribution in [-0.4, -0.2) is 44.9 Å². The van der Waals surface area contributed by atoms with Crippen LogP contribution in [0.15, 0.2) is 0 Å². The Morgan fingerprint density at radius 3 is 2.88 bits per heavy atom. The molecule has 0 aromatic carbocycles. The Morgan fingerprint density at radius 2 is 2.24 bits per heavy atom. The van der Waals surface area contributed by atoms with Crippen molar-refractivity contribution in [3.63, 3.8) is 0 Å². The van der Waals surface area contributed by atoms with Crippen LogP contribution in [0.25, 0.3) is 0 Å². The zero-order chi connectivity index (χ0) is 12.1. The van der Waals surface area contributed by atoms with Gasteiger partial charge in [-0.05, 0) is 37.8 Å². The minimum Gasteiger partial charge on any atom is -0.379 e. The van der Waals surface area contributed by atoms with E-state index < -0.39 is 0 Å². The third-order valence-electron chi connectivity index (χ3n) is 3.75. The van der Waals surface area contributed by atoms with Crippen LogP contribution < -0.4 is 16.0 Å². The number of hydrogen-bond acceptors (Lipinski definition) is 3. The van der Waals surface area contributed by atoms with Gasteiger partial charge in [-0.2, -0.15) is 0 Å². The van der Waals surface area contributed by atoms with Crippen molar-refractivity contribution in [3.8, 4) is 0 Å². The molecule has 2 fully saturated rings. The van der Waals surface area contributed by atoms with Crippen molar-refractivity contribution in [2.45, 2.75) is 32.2 Å². The Balaban J connectivity index is 1.67. The third kappa shape index (κ3) is 3.85. The smallest absolute Gasteiger partial charge is 0.315 e. The summed E-state index contributed by atoms with van der Waals surface area (Å²) in [6, 6.07) is 0.135. The summed E-state index contributed by atoms with van der Waals surface area (Å²) < 4.78 is 5.22. The number of carbonyl (C=O) groups is 1. The molecule has 1 unspecified atom stereocenters. The van der Waals surface area contributed by atoms with Crippen molar-refractivity contribution in [2.75, 3.05) is 32.8 Å². The molecule has 0 spiro atoms. The van der Waals surface area contributed by atoms with E-state index in [0.29, 0.717) is 6.61 Å². The Kier molecular flexibility index (Phi) is 4.23. The van der Waals surface area contributed by atoms with E-state index in [1.165, 1.54) is 0 Å². The van der Waals surface area contributed by atoms with E-state index in [2.05, 4.69) is 22.9 Å². The molecule has 0 aromatic heterocycles. The molecule has 2 amide bonds. The second-order valence-electron chi connectivity index (χ2n) is 5.45. The van der Waals surface area contributed by atoms with Crippen LogP contribution in [-0.2, 0) is 4.74 Å². The monoisotopic (exact) mass is 241 g/mol. The first-order valence-corrected chi connectivity index (χ1v) is 6.51. The average Bonchev–Trinajstić information content (AvgIpc) is 2.80. The molecule has 17 heavy (non-hydrogen) atoms. The van der Waals surface area contributed by atoms with Gasteiger partial charge in [0.1, 0.15) is 0 Å². The molecule has 2 aliphatic heterocycles. The highest BCUT2D eigenvalue weighted by Gasteiger charge is 2.27. The minimum atomic E-state index is -0.0553. The van der Waals surface area contributed by atoms with Gasteiger partial charge in [-0.25, -0.2) is 4.79 Å². The molecular formula is C12H23N3O2. The Bertz CT molecular complexity index is 258. The molecule has 0 aromatic rings. The second-order valence-corrected chi connectivity index (χ2v) is 5.45. The Hall–Kier alpha value is -0.810. The number of amides is 2. The molecule has 0 bridgehead atoms. The number of nitrogens with one attached hydrogen (secondary N) is 3. The Morgan fingerprint density at radius 1 is 1.47 bits per heavy atom. The fourth-order valence-corrected chi connectivity index (χ4v) is 2.39. The lowest BCUT2D eigenvalue weighted by molar-refractivity contribution is 0.185. The first-order chi connectivity index (χ1) is 8.18. The average molecular weight is 241 g/mol. The molecule has 0 radical (unpaired) electrons. The lowest BCUT2D eigenvalue weighted by Crippen LogP contribution is -2.48. The number of rotatable bonds is 3. The van der Waals surface area contributed by atoms with E-state index in [1.54, 1.807) is 0 Å². The SMILES string of the molecule is CC1(CNC(=O)NC2CCOC2)CCNCC1. The van der Waals surface area contributed by atoms with Crippen LogP contribution in [0.4, 0.5) is 4.79 Å². The fourth-order valence-electron chi connectivity index (χ4n) is 2.39. The molecule has 1 atom stereocenters. The minimum absolute atomic E-state index is 0.0553. The predicted molar refractivity (Wildman–Crippen MR) is 66.0 cm³/mol. The fraction of sp³-hybridized carbons (Fsp3) is 0.917. The molecule has 2 rings (SSSR count). The van der Waals surface area contributed by atoms with Gasteiger partial charge in [-0.3, -0.25) is 0 Å². The molecular weight excluding hydrogens is 218 g/mol. The summed E-state index contributed by atoms with van der Waals surface area (Å²) in [6.45, 7) is 6.51. The van der Waals surface area contributed by atoms with Gasteiger partial charge in [0.25, 0.3) is 0 Å². The van der Waals surface area contributed by atoms with Gasteiger partial charge in [0.15, 0.2) is 0 Å². The second kappa shape index (κ2) is 5.69. The summed E-state index contributed by atoms with van der Waals surface area (Å²) in [7, 11) is 0. The Labute approximate surface area is 103 Å². The van der Waals surface area contributed by atoms with Gasteiger partial charge in [-0.15, -0.1) is 0 Å². The molecule has 5 nitrogen and oxygen atoms in total. The number of piperidine rings is 1. The first-order valence-electron chi connectivity index (χ1n) is 6.51. The normalized spacial score (nSPS) is 27.7. The van der Waals surface area contributed by atoms with E-state index in [9.17, 15) is 4.79 Å². The van der Waals surface area contributed by atoms with Crippen LogP contribution in [0.3, 0.4) is 0 Å². The predicted octanol–water partition coefficient (Wildman–Crippen LogP) is 0.464. The zero-order valence-corrected chi connectivity index (χ0v) is 10.6. The molecule has 0 aliphatic carbocycles. The summed E-state index contributed by atoms with van der Waals surface area (Å²) in [5.74, 6) is 0. The van der Waals surface area contributed by atoms with Gasteiger partial charge >= 0.3 is 6.03 Å². The highest BCUT2D eigenvalue weighted by atomic mass is 16.5. The van der Waals surface area contributed by atoms with Crippen molar-refractivity contribution in [2.24, 2.45) is 5.41 Å². The first kappa shape index (κ1) is 12.6. The van der Waals surface area contributed by atoms with Crippen LogP contribution in [0, 0.1) is 5.41 Å².